The predicted octanol–water partition coefficient (Wildman–Crippen LogP) is 1.40. The summed E-state index contributed by atoms with van der Waals surface area (Å²) < 4.78 is 5.00. The molecule has 110 valence electrons. The topological polar surface area (TPSA) is 58.6 Å². The second-order valence-electron chi connectivity index (χ2n) is 5.70. The molecule has 0 radical (unpaired) electrons. The van der Waals surface area contributed by atoms with Crippen LogP contribution < -0.4 is 5.32 Å². The van der Waals surface area contributed by atoms with Crippen molar-refractivity contribution in [3.05, 3.63) is 29.8 Å². The molecule has 21 heavy (non-hydrogen) atoms. The zero-order chi connectivity index (χ0) is 14.6. The summed E-state index contributed by atoms with van der Waals surface area (Å²) in [5.74, 6) is 0.923. The Morgan fingerprint density at radius 1 is 1.48 bits per heavy atom. The molecular weight excluding hydrogens is 288 g/mol. The third-order valence-corrected chi connectivity index (χ3v) is 5.95. The highest BCUT2D eigenvalue weighted by molar-refractivity contribution is 7.99. The Balaban J connectivity index is 1.93. The number of thioether (sulfide) groups is 1. The fourth-order valence-electron chi connectivity index (χ4n) is 4.01. The maximum atomic E-state index is 12.9. The average molecular weight is 304 g/mol. The van der Waals surface area contributed by atoms with Crippen LogP contribution >= 0.6 is 11.8 Å². The number of nitrogens with one attached hydrogen (secondary N) is 1. The monoisotopic (exact) mass is 304 g/mol. The van der Waals surface area contributed by atoms with Crippen LogP contribution in [0.3, 0.4) is 0 Å². The van der Waals surface area contributed by atoms with E-state index in [1.54, 1.807) is 0 Å². The molecule has 1 N–H and O–H groups in total. The van der Waals surface area contributed by atoms with Gasteiger partial charge < -0.3 is 10.1 Å². The fourth-order valence-corrected chi connectivity index (χ4v) is 5.32. The molecule has 1 aromatic carbocycles. The third kappa shape index (κ3) is 1.52. The molecule has 0 saturated carbocycles. The Hall–Kier alpha value is -1.53. The van der Waals surface area contributed by atoms with Gasteiger partial charge in [-0.15, -0.1) is 11.8 Å². The first kappa shape index (κ1) is 13.2. The van der Waals surface area contributed by atoms with Crippen molar-refractivity contribution >= 4 is 29.3 Å². The van der Waals surface area contributed by atoms with Gasteiger partial charge in [-0.3, -0.25) is 14.5 Å². The quantitative estimate of drug-likeness (QED) is 0.795. The maximum absolute atomic E-state index is 12.9. The minimum Gasteiger partial charge on any atom is -0.469 e. The lowest BCUT2D eigenvalue weighted by Crippen LogP contribution is -2.52. The predicted molar refractivity (Wildman–Crippen MR) is 79.8 cm³/mol. The summed E-state index contributed by atoms with van der Waals surface area (Å²) in [5.41, 5.74) is 0.835. The number of para-hydroxylation sites is 1. The molecule has 6 heteroatoms. The Labute approximate surface area is 127 Å². The number of benzene rings is 1. The van der Waals surface area contributed by atoms with Crippen LogP contribution in [-0.2, 0) is 19.9 Å². The van der Waals surface area contributed by atoms with Gasteiger partial charge in [0.2, 0.25) is 0 Å². The number of methoxy groups -OCH3 is 1. The molecule has 3 aliphatic rings. The Morgan fingerprint density at radius 2 is 2.29 bits per heavy atom. The highest BCUT2D eigenvalue weighted by atomic mass is 32.2. The Morgan fingerprint density at radius 3 is 3.10 bits per heavy atom. The number of amides is 1. The van der Waals surface area contributed by atoms with Gasteiger partial charge in [0.15, 0.2) is 0 Å². The molecule has 4 rings (SSSR count). The molecule has 1 spiro atoms. The molecule has 3 atom stereocenters. The van der Waals surface area contributed by atoms with Crippen molar-refractivity contribution in [2.75, 3.05) is 24.1 Å². The van der Waals surface area contributed by atoms with E-state index in [9.17, 15) is 9.59 Å². The Kier molecular flexibility index (Phi) is 2.81. The van der Waals surface area contributed by atoms with Gasteiger partial charge in [0.1, 0.15) is 5.54 Å². The zero-order valence-corrected chi connectivity index (χ0v) is 12.5. The number of ether oxygens (including phenoxy) is 1. The van der Waals surface area contributed by atoms with Crippen molar-refractivity contribution in [3.63, 3.8) is 0 Å². The van der Waals surface area contributed by atoms with E-state index < -0.39 is 11.5 Å². The molecule has 0 aliphatic carbocycles. The number of nitrogens with zero attached hydrogens (tertiary/aromatic N) is 1. The van der Waals surface area contributed by atoms with Gasteiger partial charge in [-0.05, 0) is 12.5 Å². The normalized spacial score (nSPS) is 33.9. The molecule has 2 fully saturated rings. The lowest BCUT2D eigenvalue weighted by Gasteiger charge is -2.35. The number of esters is 1. The number of hydrogen-bond acceptors (Lipinski definition) is 5. The summed E-state index contributed by atoms with van der Waals surface area (Å²) in [6, 6.07) is 7.93. The highest BCUT2D eigenvalue weighted by Gasteiger charge is 2.66. The lowest BCUT2D eigenvalue weighted by atomic mass is 9.79. The molecular formula is C15H16N2O3S. The van der Waals surface area contributed by atoms with Crippen LogP contribution in [0, 0.1) is 5.92 Å². The van der Waals surface area contributed by atoms with Crippen molar-refractivity contribution in [2.24, 2.45) is 5.92 Å². The van der Waals surface area contributed by atoms with Crippen LogP contribution in [0.5, 0.6) is 0 Å². The van der Waals surface area contributed by atoms with Crippen molar-refractivity contribution in [2.45, 2.75) is 18.0 Å². The smallest absolute Gasteiger partial charge is 0.311 e. The third-order valence-electron chi connectivity index (χ3n) is 4.86. The van der Waals surface area contributed by atoms with Gasteiger partial charge >= 0.3 is 5.97 Å². The number of rotatable bonds is 1. The minimum absolute atomic E-state index is 0.0934. The summed E-state index contributed by atoms with van der Waals surface area (Å²) in [7, 11) is 1.40. The van der Waals surface area contributed by atoms with E-state index in [1.165, 1.54) is 7.11 Å². The summed E-state index contributed by atoms with van der Waals surface area (Å²) in [6.07, 6.45) is 0.682. The first-order valence-electron chi connectivity index (χ1n) is 7.03. The summed E-state index contributed by atoms with van der Waals surface area (Å²) >= 11 is 1.82. The van der Waals surface area contributed by atoms with Crippen LogP contribution in [0.1, 0.15) is 12.0 Å². The van der Waals surface area contributed by atoms with E-state index in [0.29, 0.717) is 6.42 Å². The molecule has 0 aromatic heterocycles. The zero-order valence-electron chi connectivity index (χ0n) is 11.7. The molecule has 1 aromatic rings. The van der Waals surface area contributed by atoms with Crippen molar-refractivity contribution in [3.8, 4) is 0 Å². The van der Waals surface area contributed by atoms with E-state index >= 15 is 0 Å². The molecule has 0 bridgehead atoms. The first-order chi connectivity index (χ1) is 10.2. The number of anilines is 1. The number of fused-ring (bicyclic) bond motifs is 4. The molecule has 2 saturated heterocycles. The molecule has 2 unspecified atom stereocenters. The molecule has 3 heterocycles. The largest absolute Gasteiger partial charge is 0.469 e. The number of hydrogen-bond donors (Lipinski definition) is 1. The van der Waals surface area contributed by atoms with Crippen molar-refractivity contribution in [1.82, 2.24) is 4.90 Å². The maximum Gasteiger partial charge on any atom is 0.311 e. The molecule has 1 amide bonds. The average Bonchev–Trinajstić information content (AvgIpc) is 3.13. The summed E-state index contributed by atoms with van der Waals surface area (Å²) in [5, 5.41) is 2.95. The number of carbonyl (C=O) groups excluding carboxylic acids is 2. The molecule has 5 nitrogen and oxygen atoms in total. The van der Waals surface area contributed by atoms with E-state index in [0.717, 1.165) is 22.9 Å². The van der Waals surface area contributed by atoms with E-state index in [-0.39, 0.29) is 17.9 Å². The number of carbonyl (C=O) groups is 2. The van der Waals surface area contributed by atoms with Gasteiger partial charge in [-0.1, -0.05) is 18.2 Å². The minimum atomic E-state index is -0.891. The van der Waals surface area contributed by atoms with Crippen molar-refractivity contribution in [1.29, 1.82) is 0 Å². The first-order valence-corrected chi connectivity index (χ1v) is 8.18. The standard InChI is InChI=1S/C15H16N2O3S/c1-20-13(18)11-6-9-7-21-8-17(9)15(11)10-4-2-3-5-12(10)16-14(15)19/h2-5,9,11H,6-8H2,1H3,(H,16,19)/t9-,11?,15?/m0/s1. The van der Waals surface area contributed by atoms with Crippen LogP contribution in [-0.4, -0.2) is 41.6 Å². The summed E-state index contributed by atoms with van der Waals surface area (Å²) in [6.45, 7) is 0. The van der Waals surface area contributed by atoms with Crippen molar-refractivity contribution < 1.29 is 14.3 Å². The van der Waals surface area contributed by atoms with Crippen LogP contribution in [0.4, 0.5) is 5.69 Å². The van der Waals surface area contributed by atoms with Gasteiger partial charge in [-0.2, -0.15) is 0 Å². The second kappa shape index (κ2) is 4.48. The van der Waals surface area contributed by atoms with Crippen LogP contribution in [0.15, 0.2) is 24.3 Å². The van der Waals surface area contributed by atoms with E-state index in [2.05, 4.69) is 10.2 Å². The van der Waals surface area contributed by atoms with Crippen LogP contribution in [0.2, 0.25) is 0 Å². The lowest BCUT2D eigenvalue weighted by molar-refractivity contribution is -0.152. The fraction of sp³-hybridized carbons (Fsp3) is 0.467. The SMILES string of the molecule is COC(=O)C1C[C@H]2CSCN2C12C(=O)Nc1ccccc12. The highest BCUT2D eigenvalue weighted by Crippen LogP contribution is 2.55. The van der Waals surface area contributed by atoms with Gasteiger partial charge in [-0.25, -0.2) is 0 Å². The van der Waals surface area contributed by atoms with E-state index in [1.807, 2.05) is 36.0 Å². The summed E-state index contributed by atoms with van der Waals surface area (Å²) in [4.78, 5) is 27.4. The van der Waals surface area contributed by atoms with Gasteiger partial charge in [0.25, 0.3) is 5.91 Å². The van der Waals surface area contributed by atoms with Gasteiger partial charge in [0.05, 0.1) is 13.0 Å². The van der Waals surface area contributed by atoms with Crippen LogP contribution in [0.25, 0.3) is 0 Å². The molecule has 3 aliphatic heterocycles. The van der Waals surface area contributed by atoms with Gasteiger partial charge in [0, 0.05) is 28.9 Å². The van der Waals surface area contributed by atoms with E-state index in [4.69, 9.17) is 4.74 Å². The second-order valence-corrected chi connectivity index (χ2v) is 6.70. The Bertz CT molecular complexity index is 635.